The van der Waals surface area contributed by atoms with Gasteiger partial charge in [0.2, 0.25) is 6.41 Å². The molecule has 2 aromatic carbocycles. The number of likely N-dealkylation sites (N-methyl/N-ethyl adjacent to an activating group) is 1. The van der Waals surface area contributed by atoms with Crippen molar-refractivity contribution in [2.75, 3.05) is 31.1 Å². The number of hydrogen-bond acceptors (Lipinski definition) is 2. The van der Waals surface area contributed by atoms with Gasteiger partial charge in [0, 0.05) is 53.0 Å². The molecule has 150 valence electrons. The number of anilines is 1. The predicted molar refractivity (Wildman–Crippen MR) is 122 cm³/mol. The zero-order valence-corrected chi connectivity index (χ0v) is 17.5. The maximum atomic E-state index is 11.8. The second kappa shape index (κ2) is 8.85. The molecule has 0 spiro atoms. The van der Waals surface area contributed by atoms with E-state index >= 15 is 0 Å². The van der Waals surface area contributed by atoms with Crippen molar-refractivity contribution in [2.45, 2.75) is 19.8 Å². The molecule has 29 heavy (non-hydrogen) atoms. The van der Waals surface area contributed by atoms with Crippen molar-refractivity contribution in [2.24, 2.45) is 0 Å². The molecule has 1 aliphatic rings. The summed E-state index contributed by atoms with van der Waals surface area (Å²) in [5.74, 6) is 0. The van der Waals surface area contributed by atoms with Crippen molar-refractivity contribution in [1.82, 2.24) is 9.88 Å². The zero-order chi connectivity index (χ0) is 20.2. The van der Waals surface area contributed by atoms with Gasteiger partial charge in [0.1, 0.15) is 0 Å². The maximum Gasteiger partial charge on any atom is 0.214 e. The number of amides is 1. The number of benzene rings is 2. The maximum absolute atomic E-state index is 11.8. The van der Waals surface area contributed by atoms with Gasteiger partial charge in [-0.15, -0.1) is 0 Å². The Balaban J connectivity index is 1.56. The topological polar surface area (TPSA) is 39.3 Å². The number of aromatic amines is 1. The highest BCUT2D eigenvalue weighted by Crippen LogP contribution is 2.31. The minimum absolute atomic E-state index is 0.630. The Kier molecular flexibility index (Phi) is 6.02. The summed E-state index contributed by atoms with van der Waals surface area (Å²) in [5.41, 5.74) is 5.83. The summed E-state index contributed by atoms with van der Waals surface area (Å²) < 4.78 is 0. The number of fused-ring (bicyclic) bond motifs is 1. The number of hydrogen-bond donors (Lipinski definition) is 1. The lowest BCUT2D eigenvalue weighted by Gasteiger charge is -2.24. The van der Waals surface area contributed by atoms with Gasteiger partial charge in [-0.25, -0.2) is 0 Å². The summed E-state index contributed by atoms with van der Waals surface area (Å²) in [6, 6.07) is 14.0. The van der Waals surface area contributed by atoms with Crippen LogP contribution in [0.4, 0.5) is 5.69 Å². The lowest BCUT2D eigenvalue weighted by Crippen LogP contribution is -2.27. The van der Waals surface area contributed by atoms with Crippen LogP contribution >= 0.6 is 11.6 Å². The first kappa shape index (κ1) is 19.7. The summed E-state index contributed by atoms with van der Waals surface area (Å²) in [6.07, 6.45) is 7.19. The Hall–Kier alpha value is -2.56. The van der Waals surface area contributed by atoms with Gasteiger partial charge >= 0.3 is 0 Å². The van der Waals surface area contributed by atoms with E-state index in [-0.39, 0.29) is 0 Å². The largest absolute Gasteiger partial charge is 0.361 e. The van der Waals surface area contributed by atoms with Crippen LogP contribution in [0.5, 0.6) is 0 Å². The van der Waals surface area contributed by atoms with E-state index in [4.69, 9.17) is 11.6 Å². The molecule has 5 heteroatoms. The molecule has 0 saturated carbocycles. The summed E-state index contributed by atoms with van der Waals surface area (Å²) in [5, 5.41) is 1.91. The van der Waals surface area contributed by atoms with Gasteiger partial charge in [0.15, 0.2) is 0 Å². The Morgan fingerprint density at radius 3 is 2.72 bits per heavy atom. The molecule has 0 radical (unpaired) electrons. The number of carbonyl (C=O) groups excluding carboxylic acids is 1. The molecule has 0 unspecified atom stereocenters. The average molecular weight is 408 g/mol. The number of aromatic nitrogens is 1. The molecule has 0 fully saturated rings. The highest BCUT2D eigenvalue weighted by molar-refractivity contribution is 6.30. The van der Waals surface area contributed by atoms with E-state index < -0.39 is 0 Å². The zero-order valence-electron chi connectivity index (χ0n) is 16.7. The van der Waals surface area contributed by atoms with Gasteiger partial charge in [0.25, 0.3) is 0 Å². The third kappa shape index (κ3) is 4.39. The first-order valence-corrected chi connectivity index (χ1v) is 10.5. The summed E-state index contributed by atoms with van der Waals surface area (Å²) in [6.45, 7) is 6.01. The van der Waals surface area contributed by atoms with Crippen molar-refractivity contribution in [3.05, 3.63) is 70.9 Å². The standard InChI is InChI=1S/C24H26ClN3O/c1-2-27-12-10-19(11-13-27)23-16-26-24-8-7-21(15-22(23)24)28(17-29)14-9-18-3-5-20(25)6-4-18/h3-8,10,15-17,26H,2,9,11-14H2,1H3. The SMILES string of the molecule is CCN1CC=C(c2c[nH]c3ccc(N(C=O)CCc4ccc(Cl)cc4)cc23)CC1. The molecule has 0 aliphatic carbocycles. The van der Waals surface area contributed by atoms with Crippen molar-refractivity contribution in [3.63, 3.8) is 0 Å². The molecule has 1 aliphatic heterocycles. The van der Waals surface area contributed by atoms with Crippen molar-refractivity contribution in [1.29, 1.82) is 0 Å². The van der Waals surface area contributed by atoms with E-state index in [2.05, 4.69) is 41.2 Å². The van der Waals surface area contributed by atoms with Crippen LogP contribution in [0, 0.1) is 0 Å². The lowest BCUT2D eigenvalue weighted by atomic mass is 9.98. The minimum atomic E-state index is 0.630. The average Bonchev–Trinajstić information content (AvgIpc) is 3.19. The molecule has 0 atom stereocenters. The fourth-order valence-electron chi connectivity index (χ4n) is 3.94. The highest BCUT2D eigenvalue weighted by atomic mass is 35.5. The third-order valence-electron chi connectivity index (χ3n) is 5.77. The lowest BCUT2D eigenvalue weighted by molar-refractivity contribution is -0.107. The molecular weight excluding hydrogens is 382 g/mol. The van der Waals surface area contributed by atoms with Crippen LogP contribution in [0.15, 0.2) is 54.7 Å². The minimum Gasteiger partial charge on any atom is -0.361 e. The Morgan fingerprint density at radius 1 is 1.21 bits per heavy atom. The van der Waals surface area contributed by atoms with Gasteiger partial charge in [-0.1, -0.05) is 36.7 Å². The van der Waals surface area contributed by atoms with Crippen molar-refractivity contribution >= 4 is 40.2 Å². The summed E-state index contributed by atoms with van der Waals surface area (Å²) in [4.78, 5) is 19.4. The second-order valence-corrected chi connectivity index (χ2v) is 7.92. The van der Waals surface area contributed by atoms with Gasteiger partial charge < -0.3 is 9.88 Å². The molecule has 1 N–H and O–H groups in total. The van der Waals surface area contributed by atoms with Crippen molar-refractivity contribution < 1.29 is 4.79 Å². The molecule has 4 rings (SSSR count). The second-order valence-electron chi connectivity index (χ2n) is 7.48. The Labute approximate surface area is 176 Å². The highest BCUT2D eigenvalue weighted by Gasteiger charge is 2.16. The molecule has 2 heterocycles. The molecule has 4 nitrogen and oxygen atoms in total. The Bertz CT molecular complexity index is 1020. The molecular formula is C24H26ClN3O. The normalized spacial score (nSPS) is 14.8. The number of H-pyrrole nitrogens is 1. The number of halogens is 1. The number of rotatable bonds is 7. The molecule has 3 aromatic rings. The Morgan fingerprint density at radius 2 is 2.03 bits per heavy atom. The van der Waals surface area contributed by atoms with E-state index in [1.807, 2.05) is 30.3 Å². The van der Waals surface area contributed by atoms with Crippen LogP contribution in [0.1, 0.15) is 24.5 Å². The molecule has 1 aromatic heterocycles. The van der Waals surface area contributed by atoms with Crippen LogP contribution in [-0.2, 0) is 11.2 Å². The summed E-state index contributed by atoms with van der Waals surface area (Å²) in [7, 11) is 0. The van der Waals surface area contributed by atoms with Crippen LogP contribution < -0.4 is 4.90 Å². The van der Waals surface area contributed by atoms with Gasteiger partial charge in [0.05, 0.1) is 0 Å². The number of nitrogens with one attached hydrogen (secondary N) is 1. The molecule has 1 amide bonds. The van der Waals surface area contributed by atoms with E-state index in [0.717, 1.165) is 60.7 Å². The van der Waals surface area contributed by atoms with E-state index in [1.165, 1.54) is 16.5 Å². The first-order valence-electron chi connectivity index (χ1n) is 10.2. The predicted octanol–water partition coefficient (Wildman–Crippen LogP) is 5.14. The fraction of sp³-hybridized carbons (Fsp3) is 0.292. The smallest absolute Gasteiger partial charge is 0.214 e. The van der Waals surface area contributed by atoms with Gasteiger partial charge in [-0.05, 0) is 60.9 Å². The third-order valence-corrected chi connectivity index (χ3v) is 6.02. The van der Waals surface area contributed by atoms with E-state index in [1.54, 1.807) is 4.90 Å². The van der Waals surface area contributed by atoms with Gasteiger partial charge in [-0.2, -0.15) is 0 Å². The monoisotopic (exact) mass is 407 g/mol. The van der Waals surface area contributed by atoms with Crippen LogP contribution in [0.25, 0.3) is 16.5 Å². The van der Waals surface area contributed by atoms with Crippen LogP contribution in [-0.4, -0.2) is 42.5 Å². The van der Waals surface area contributed by atoms with E-state index in [0.29, 0.717) is 6.54 Å². The first-order chi connectivity index (χ1) is 14.2. The van der Waals surface area contributed by atoms with Crippen LogP contribution in [0.3, 0.4) is 0 Å². The quantitative estimate of drug-likeness (QED) is 0.551. The molecule has 0 saturated heterocycles. The summed E-state index contributed by atoms with van der Waals surface area (Å²) >= 11 is 5.96. The number of carbonyl (C=O) groups is 1. The van der Waals surface area contributed by atoms with Crippen LogP contribution in [0.2, 0.25) is 5.02 Å². The molecule has 0 bridgehead atoms. The van der Waals surface area contributed by atoms with E-state index in [9.17, 15) is 4.79 Å². The fourth-order valence-corrected chi connectivity index (χ4v) is 4.07. The van der Waals surface area contributed by atoms with Gasteiger partial charge in [-0.3, -0.25) is 9.69 Å². The number of nitrogens with zero attached hydrogens (tertiary/aromatic N) is 2. The van der Waals surface area contributed by atoms with Crippen molar-refractivity contribution in [3.8, 4) is 0 Å².